The fourth-order valence-corrected chi connectivity index (χ4v) is 2.08. The van der Waals surface area contributed by atoms with Gasteiger partial charge in [-0.2, -0.15) is 0 Å². The number of carbonyl (C=O) groups excluding carboxylic acids is 1. The summed E-state index contributed by atoms with van der Waals surface area (Å²) in [5.41, 5.74) is 1.89. The van der Waals surface area contributed by atoms with Gasteiger partial charge in [0.15, 0.2) is 0 Å². The molecule has 0 spiro atoms. The highest BCUT2D eigenvalue weighted by Crippen LogP contribution is 2.40. The summed E-state index contributed by atoms with van der Waals surface area (Å²) >= 11 is 0. The molecule has 0 unspecified atom stereocenters. The SMILES string of the molecule is COC(=O)c1ccc(OC)c2nc(C3CC3)[nH]c12. The Morgan fingerprint density at radius 2 is 2.17 bits per heavy atom. The van der Waals surface area contributed by atoms with E-state index in [-0.39, 0.29) is 5.97 Å². The van der Waals surface area contributed by atoms with E-state index in [0.29, 0.717) is 28.3 Å². The lowest BCUT2D eigenvalue weighted by Gasteiger charge is -2.04. The van der Waals surface area contributed by atoms with E-state index in [0.717, 1.165) is 18.7 Å². The third-order valence-electron chi connectivity index (χ3n) is 3.22. The summed E-state index contributed by atoms with van der Waals surface area (Å²) in [6, 6.07) is 3.44. The maximum atomic E-state index is 11.7. The van der Waals surface area contributed by atoms with Gasteiger partial charge in [0.2, 0.25) is 0 Å². The minimum atomic E-state index is -0.367. The molecule has 0 amide bonds. The lowest BCUT2D eigenvalue weighted by molar-refractivity contribution is 0.0603. The monoisotopic (exact) mass is 246 g/mol. The number of fused-ring (bicyclic) bond motifs is 1. The van der Waals surface area contributed by atoms with E-state index in [1.165, 1.54) is 7.11 Å². The lowest BCUT2D eigenvalue weighted by Crippen LogP contribution is -2.02. The van der Waals surface area contributed by atoms with Crippen LogP contribution in [-0.2, 0) is 4.74 Å². The topological polar surface area (TPSA) is 64.2 Å². The highest BCUT2D eigenvalue weighted by Gasteiger charge is 2.28. The standard InChI is InChI=1S/C13H14N2O3/c1-17-9-6-5-8(13(16)18-2)10-11(9)15-12(14-10)7-3-4-7/h5-7H,3-4H2,1-2H3,(H,14,15). The molecule has 0 radical (unpaired) electrons. The Hall–Kier alpha value is -2.04. The van der Waals surface area contributed by atoms with Crippen molar-refractivity contribution in [1.82, 2.24) is 9.97 Å². The number of hydrogen-bond donors (Lipinski definition) is 1. The van der Waals surface area contributed by atoms with Gasteiger partial charge >= 0.3 is 5.97 Å². The first-order chi connectivity index (χ1) is 8.74. The Kier molecular flexibility index (Phi) is 2.47. The molecule has 0 saturated heterocycles. The van der Waals surface area contributed by atoms with E-state index >= 15 is 0 Å². The van der Waals surface area contributed by atoms with Gasteiger partial charge in [-0.3, -0.25) is 0 Å². The highest BCUT2D eigenvalue weighted by molar-refractivity contribution is 6.03. The van der Waals surface area contributed by atoms with Crippen molar-refractivity contribution in [2.45, 2.75) is 18.8 Å². The number of aromatic nitrogens is 2. The summed E-state index contributed by atoms with van der Waals surface area (Å²) < 4.78 is 10.1. The van der Waals surface area contributed by atoms with Crippen molar-refractivity contribution in [3.8, 4) is 5.75 Å². The van der Waals surface area contributed by atoms with E-state index in [1.54, 1.807) is 19.2 Å². The molecule has 0 bridgehead atoms. The molecule has 0 atom stereocenters. The van der Waals surface area contributed by atoms with Crippen LogP contribution in [0, 0.1) is 0 Å². The van der Waals surface area contributed by atoms with Crippen LogP contribution < -0.4 is 4.74 Å². The second kappa shape index (κ2) is 4.01. The molecule has 5 heteroatoms. The van der Waals surface area contributed by atoms with Gasteiger partial charge in [-0.15, -0.1) is 0 Å². The number of H-pyrrole nitrogens is 1. The zero-order valence-electron chi connectivity index (χ0n) is 10.3. The quantitative estimate of drug-likeness (QED) is 0.843. The highest BCUT2D eigenvalue weighted by atomic mass is 16.5. The number of nitrogens with one attached hydrogen (secondary N) is 1. The number of methoxy groups -OCH3 is 2. The molecular weight excluding hydrogens is 232 g/mol. The van der Waals surface area contributed by atoms with Crippen LogP contribution in [-0.4, -0.2) is 30.2 Å². The van der Waals surface area contributed by atoms with Gasteiger partial charge in [0.25, 0.3) is 0 Å². The number of carbonyl (C=O) groups is 1. The Morgan fingerprint density at radius 1 is 1.39 bits per heavy atom. The maximum Gasteiger partial charge on any atom is 0.340 e. The van der Waals surface area contributed by atoms with Crippen LogP contribution in [0.3, 0.4) is 0 Å². The van der Waals surface area contributed by atoms with Crippen LogP contribution in [0.2, 0.25) is 0 Å². The molecule has 5 nitrogen and oxygen atoms in total. The fourth-order valence-electron chi connectivity index (χ4n) is 2.08. The first-order valence-electron chi connectivity index (χ1n) is 5.89. The molecule has 1 aliphatic rings. The first-order valence-corrected chi connectivity index (χ1v) is 5.89. The number of rotatable bonds is 3. The predicted molar refractivity (Wildman–Crippen MR) is 66.0 cm³/mol. The molecule has 1 saturated carbocycles. The summed E-state index contributed by atoms with van der Waals surface area (Å²) in [6.45, 7) is 0. The Morgan fingerprint density at radius 3 is 2.78 bits per heavy atom. The second-order valence-corrected chi connectivity index (χ2v) is 4.43. The van der Waals surface area contributed by atoms with Crippen molar-refractivity contribution in [2.24, 2.45) is 0 Å². The number of ether oxygens (including phenoxy) is 2. The van der Waals surface area contributed by atoms with Crippen molar-refractivity contribution in [3.63, 3.8) is 0 Å². The van der Waals surface area contributed by atoms with Crippen molar-refractivity contribution in [3.05, 3.63) is 23.5 Å². The van der Waals surface area contributed by atoms with Gasteiger partial charge in [-0.1, -0.05) is 0 Å². The average Bonchev–Trinajstić information content (AvgIpc) is 3.15. The number of hydrogen-bond acceptors (Lipinski definition) is 4. The summed E-state index contributed by atoms with van der Waals surface area (Å²) in [5.74, 6) is 1.72. The van der Waals surface area contributed by atoms with E-state index in [4.69, 9.17) is 9.47 Å². The number of nitrogens with zero attached hydrogens (tertiary/aromatic N) is 1. The number of esters is 1. The van der Waals surface area contributed by atoms with Crippen LogP contribution in [0.4, 0.5) is 0 Å². The van der Waals surface area contributed by atoms with Gasteiger partial charge < -0.3 is 14.5 Å². The first kappa shape index (κ1) is 11.1. The molecular formula is C13H14N2O3. The largest absolute Gasteiger partial charge is 0.494 e. The van der Waals surface area contributed by atoms with Gasteiger partial charge in [0.05, 0.1) is 25.3 Å². The average molecular weight is 246 g/mol. The number of benzene rings is 1. The second-order valence-electron chi connectivity index (χ2n) is 4.43. The Balaban J connectivity index is 2.22. The third kappa shape index (κ3) is 1.63. The molecule has 1 fully saturated rings. The van der Waals surface area contributed by atoms with Crippen molar-refractivity contribution in [1.29, 1.82) is 0 Å². The van der Waals surface area contributed by atoms with Crippen LogP contribution in [0.5, 0.6) is 5.75 Å². The molecule has 1 aromatic heterocycles. The van der Waals surface area contributed by atoms with E-state index in [2.05, 4.69) is 9.97 Å². The maximum absolute atomic E-state index is 11.7. The Bertz CT molecular complexity index is 614. The third-order valence-corrected chi connectivity index (χ3v) is 3.22. The van der Waals surface area contributed by atoms with Gasteiger partial charge in [-0.05, 0) is 25.0 Å². The Labute approximate surface area is 104 Å². The molecule has 1 aliphatic carbocycles. The van der Waals surface area contributed by atoms with Crippen LogP contribution >= 0.6 is 0 Å². The normalized spacial score (nSPS) is 14.8. The van der Waals surface area contributed by atoms with E-state index in [1.807, 2.05) is 0 Å². The molecule has 18 heavy (non-hydrogen) atoms. The molecule has 3 rings (SSSR count). The van der Waals surface area contributed by atoms with E-state index < -0.39 is 0 Å². The number of imidazole rings is 1. The van der Waals surface area contributed by atoms with Crippen molar-refractivity contribution >= 4 is 17.0 Å². The predicted octanol–water partition coefficient (Wildman–Crippen LogP) is 2.24. The number of aromatic amines is 1. The van der Waals surface area contributed by atoms with E-state index in [9.17, 15) is 4.79 Å². The molecule has 1 N–H and O–H groups in total. The molecule has 1 aromatic carbocycles. The van der Waals surface area contributed by atoms with Gasteiger partial charge in [0.1, 0.15) is 17.1 Å². The minimum absolute atomic E-state index is 0.367. The zero-order valence-corrected chi connectivity index (χ0v) is 10.3. The molecule has 94 valence electrons. The van der Waals surface area contributed by atoms with Crippen LogP contribution in [0.15, 0.2) is 12.1 Å². The molecule has 2 aromatic rings. The summed E-state index contributed by atoms with van der Waals surface area (Å²) in [6.07, 6.45) is 2.30. The van der Waals surface area contributed by atoms with Crippen molar-refractivity contribution < 1.29 is 14.3 Å². The summed E-state index contributed by atoms with van der Waals surface area (Å²) in [7, 11) is 2.97. The van der Waals surface area contributed by atoms with Crippen LogP contribution in [0.25, 0.3) is 11.0 Å². The van der Waals surface area contributed by atoms with Crippen LogP contribution in [0.1, 0.15) is 34.9 Å². The molecule has 1 heterocycles. The van der Waals surface area contributed by atoms with Crippen molar-refractivity contribution in [2.75, 3.05) is 14.2 Å². The lowest BCUT2D eigenvalue weighted by atomic mass is 10.1. The zero-order chi connectivity index (χ0) is 12.7. The smallest absolute Gasteiger partial charge is 0.340 e. The van der Waals surface area contributed by atoms with Gasteiger partial charge in [0, 0.05) is 5.92 Å². The molecule has 0 aliphatic heterocycles. The minimum Gasteiger partial charge on any atom is -0.494 e. The fraction of sp³-hybridized carbons (Fsp3) is 0.385. The summed E-state index contributed by atoms with van der Waals surface area (Å²) in [5, 5.41) is 0. The van der Waals surface area contributed by atoms with Gasteiger partial charge in [-0.25, -0.2) is 9.78 Å². The summed E-state index contributed by atoms with van der Waals surface area (Å²) in [4.78, 5) is 19.5.